The van der Waals surface area contributed by atoms with Crippen LogP contribution in [0.3, 0.4) is 0 Å². The van der Waals surface area contributed by atoms with Crippen molar-refractivity contribution in [3.05, 3.63) is 47.5 Å². The van der Waals surface area contributed by atoms with Crippen LogP contribution in [-0.4, -0.2) is 0 Å². The maximum atomic E-state index is 3.47. The topological polar surface area (TPSA) is 0 Å². The summed E-state index contributed by atoms with van der Waals surface area (Å²) in [7, 11) is 0. The van der Waals surface area contributed by atoms with Gasteiger partial charge in [0.15, 0.2) is 0 Å². The van der Waals surface area contributed by atoms with Crippen molar-refractivity contribution >= 4 is 0 Å². The first-order valence-electron chi connectivity index (χ1n) is 13.7. The minimum Gasteiger partial charge on any atom is -0.0979 e. The van der Waals surface area contributed by atoms with Gasteiger partial charge in [-0.2, -0.15) is 0 Å². The molecule has 0 heterocycles. The van der Waals surface area contributed by atoms with Crippen molar-refractivity contribution in [2.24, 2.45) is 46.3 Å². The molecule has 172 valence electrons. The Kier molecular flexibility index (Phi) is 6.07. The van der Waals surface area contributed by atoms with Crippen LogP contribution in [0.4, 0.5) is 0 Å². The van der Waals surface area contributed by atoms with Gasteiger partial charge in [0.2, 0.25) is 0 Å². The van der Waals surface area contributed by atoms with Crippen LogP contribution in [0.5, 0.6) is 0 Å². The fourth-order valence-electron chi connectivity index (χ4n) is 9.01. The van der Waals surface area contributed by atoms with E-state index in [1.807, 2.05) is 5.57 Å². The molecule has 1 aromatic rings. The second-order valence-electron chi connectivity index (χ2n) is 12.5. The summed E-state index contributed by atoms with van der Waals surface area (Å²) in [5, 5.41) is 0. The van der Waals surface area contributed by atoms with Gasteiger partial charge in [-0.3, -0.25) is 0 Å². The Hall–Kier alpha value is -1.48. The molecule has 0 bridgehead atoms. The van der Waals surface area contributed by atoms with E-state index in [9.17, 15) is 0 Å². The number of hydrogen-bond donors (Lipinski definition) is 0. The summed E-state index contributed by atoms with van der Waals surface area (Å²) in [6.45, 7) is 10.4. The lowest BCUT2D eigenvalue weighted by atomic mass is 9.46. The lowest BCUT2D eigenvalue weighted by Gasteiger charge is -2.58. The van der Waals surface area contributed by atoms with Crippen molar-refractivity contribution in [1.82, 2.24) is 0 Å². The number of rotatable bonds is 3. The lowest BCUT2D eigenvalue weighted by molar-refractivity contribution is -0.0520. The first-order chi connectivity index (χ1) is 15.4. The highest BCUT2D eigenvalue weighted by atomic mass is 14.6. The zero-order valence-corrected chi connectivity index (χ0v) is 21.0. The van der Waals surface area contributed by atoms with Crippen molar-refractivity contribution in [1.29, 1.82) is 0 Å². The molecule has 1 aromatic carbocycles. The maximum Gasteiger partial charge on any atom is 0.0245 e. The average Bonchev–Trinajstić information content (AvgIpc) is 3.15. The van der Waals surface area contributed by atoms with Crippen LogP contribution in [0.15, 0.2) is 42.0 Å². The fraction of sp³-hybridized carbons (Fsp3) is 0.688. The Bertz CT molecular complexity index is 897. The zero-order valence-electron chi connectivity index (χ0n) is 21.0. The summed E-state index contributed by atoms with van der Waals surface area (Å²) in [6.07, 6.45) is 16.6. The number of benzene rings is 1. The molecule has 3 saturated carbocycles. The van der Waals surface area contributed by atoms with Crippen LogP contribution in [0, 0.1) is 58.2 Å². The van der Waals surface area contributed by atoms with E-state index in [2.05, 4.69) is 75.9 Å². The van der Waals surface area contributed by atoms with Crippen LogP contribution < -0.4 is 0 Å². The molecular formula is C32H44. The SMILES string of the molecule is C[C@H]1CC[C@@]2(C)C(=CC[C@H]3[C@@H]4CC[C@H]([C@H](C)CCC#Cc5ccccc5)[C@@]4(C)CC[C@@H]32)C1. The largest absolute Gasteiger partial charge is 0.0979 e. The molecule has 5 rings (SSSR count). The van der Waals surface area contributed by atoms with Crippen LogP contribution in [0.2, 0.25) is 0 Å². The average molecular weight is 429 g/mol. The van der Waals surface area contributed by atoms with Gasteiger partial charge in [0, 0.05) is 12.0 Å². The molecule has 0 N–H and O–H groups in total. The molecule has 4 aliphatic carbocycles. The van der Waals surface area contributed by atoms with Crippen molar-refractivity contribution in [2.75, 3.05) is 0 Å². The molecule has 8 atom stereocenters. The third-order valence-electron chi connectivity index (χ3n) is 10.8. The molecule has 0 aliphatic heterocycles. The first-order valence-corrected chi connectivity index (χ1v) is 13.7. The quantitative estimate of drug-likeness (QED) is 0.334. The van der Waals surface area contributed by atoms with E-state index >= 15 is 0 Å². The van der Waals surface area contributed by atoms with E-state index in [0.29, 0.717) is 10.8 Å². The monoisotopic (exact) mass is 428 g/mol. The maximum absolute atomic E-state index is 3.47. The Morgan fingerprint density at radius 1 is 1.00 bits per heavy atom. The minimum absolute atomic E-state index is 0.521. The highest BCUT2D eigenvalue weighted by Gasteiger charge is 2.58. The van der Waals surface area contributed by atoms with E-state index in [0.717, 1.165) is 47.5 Å². The van der Waals surface area contributed by atoms with Gasteiger partial charge in [-0.25, -0.2) is 0 Å². The van der Waals surface area contributed by atoms with E-state index in [1.165, 1.54) is 57.8 Å². The van der Waals surface area contributed by atoms with Gasteiger partial charge in [-0.05, 0) is 116 Å². The minimum atomic E-state index is 0.521. The molecule has 0 radical (unpaired) electrons. The molecule has 0 nitrogen and oxygen atoms in total. The molecule has 0 unspecified atom stereocenters. The molecule has 0 aromatic heterocycles. The molecule has 0 spiro atoms. The predicted molar refractivity (Wildman–Crippen MR) is 136 cm³/mol. The normalized spacial score (nSPS) is 41.4. The molecule has 4 aliphatic rings. The standard InChI is InChI=1S/C32H44/c1-23-18-20-31(3)26(22-23)14-15-27-29-17-16-28(32(29,4)21-19-30(27)31)24(2)10-8-9-13-25-11-6-5-7-12-25/h5-7,11-12,14,23-24,27-30H,8,10,15-22H2,1-4H3/t23-,24+,27-,28+,29-,30-,31-,32+/m0/s1. The lowest BCUT2D eigenvalue weighted by Crippen LogP contribution is -2.50. The molecule has 32 heavy (non-hydrogen) atoms. The smallest absolute Gasteiger partial charge is 0.0245 e. The van der Waals surface area contributed by atoms with Crippen LogP contribution in [-0.2, 0) is 0 Å². The van der Waals surface area contributed by atoms with Crippen molar-refractivity contribution in [2.45, 2.75) is 91.9 Å². The number of allylic oxidation sites excluding steroid dienone is 2. The van der Waals surface area contributed by atoms with Gasteiger partial charge in [-0.1, -0.05) is 69.4 Å². The van der Waals surface area contributed by atoms with E-state index < -0.39 is 0 Å². The van der Waals surface area contributed by atoms with Gasteiger partial charge in [-0.15, -0.1) is 0 Å². The summed E-state index contributed by atoms with van der Waals surface area (Å²) in [5.41, 5.74) is 4.09. The molecule has 0 saturated heterocycles. The van der Waals surface area contributed by atoms with Gasteiger partial charge in [0.25, 0.3) is 0 Å². The summed E-state index contributed by atoms with van der Waals surface area (Å²) in [6, 6.07) is 10.5. The van der Waals surface area contributed by atoms with E-state index in [4.69, 9.17) is 0 Å². The fourth-order valence-corrected chi connectivity index (χ4v) is 9.01. The Balaban J connectivity index is 1.26. The van der Waals surface area contributed by atoms with Crippen LogP contribution in [0.1, 0.15) is 97.5 Å². The van der Waals surface area contributed by atoms with E-state index in [1.54, 1.807) is 0 Å². The third kappa shape index (κ3) is 3.79. The van der Waals surface area contributed by atoms with Gasteiger partial charge >= 0.3 is 0 Å². The van der Waals surface area contributed by atoms with Crippen molar-refractivity contribution < 1.29 is 0 Å². The molecule has 0 heteroatoms. The molecule has 3 fully saturated rings. The third-order valence-corrected chi connectivity index (χ3v) is 10.8. The second-order valence-corrected chi connectivity index (χ2v) is 12.5. The second kappa shape index (κ2) is 8.70. The van der Waals surface area contributed by atoms with Crippen LogP contribution >= 0.6 is 0 Å². The van der Waals surface area contributed by atoms with Crippen molar-refractivity contribution in [3.8, 4) is 11.8 Å². The Morgan fingerprint density at radius 2 is 1.81 bits per heavy atom. The number of hydrogen-bond acceptors (Lipinski definition) is 0. The summed E-state index contributed by atoms with van der Waals surface area (Å²) >= 11 is 0. The summed E-state index contributed by atoms with van der Waals surface area (Å²) in [4.78, 5) is 0. The van der Waals surface area contributed by atoms with Crippen LogP contribution in [0.25, 0.3) is 0 Å². The molecular weight excluding hydrogens is 384 g/mol. The highest BCUT2D eigenvalue weighted by molar-refractivity contribution is 5.33. The Labute approximate surface area is 197 Å². The molecule has 0 amide bonds. The first kappa shape index (κ1) is 22.3. The highest BCUT2D eigenvalue weighted by Crippen LogP contribution is 2.67. The van der Waals surface area contributed by atoms with Gasteiger partial charge in [0.05, 0.1) is 0 Å². The van der Waals surface area contributed by atoms with Gasteiger partial charge < -0.3 is 0 Å². The van der Waals surface area contributed by atoms with Crippen molar-refractivity contribution in [3.63, 3.8) is 0 Å². The Morgan fingerprint density at radius 3 is 2.62 bits per heavy atom. The van der Waals surface area contributed by atoms with E-state index in [-0.39, 0.29) is 0 Å². The summed E-state index contributed by atoms with van der Waals surface area (Å²) < 4.78 is 0. The van der Waals surface area contributed by atoms with Gasteiger partial charge in [0.1, 0.15) is 0 Å². The number of fused-ring (bicyclic) bond motifs is 5. The predicted octanol–water partition coefficient (Wildman–Crippen LogP) is 8.67. The zero-order chi connectivity index (χ0) is 22.3. The summed E-state index contributed by atoms with van der Waals surface area (Å²) in [5.74, 6) is 12.3.